The summed E-state index contributed by atoms with van der Waals surface area (Å²) in [6, 6.07) is 14.8. The summed E-state index contributed by atoms with van der Waals surface area (Å²) in [7, 11) is 0. The van der Waals surface area contributed by atoms with Gasteiger partial charge in [-0.2, -0.15) is 0 Å². The third-order valence-corrected chi connectivity index (χ3v) is 4.43. The Hall–Kier alpha value is -3.38. The van der Waals surface area contributed by atoms with Gasteiger partial charge in [0.25, 0.3) is 5.91 Å². The highest BCUT2D eigenvalue weighted by molar-refractivity contribution is 6.31. The molecular weight excluding hydrogens is 382 g/mol. The summed E-state index contributed by atoms with van der Waals surface area (Å²) in [6.07, 6.45) is 0.616. The van der Waals surface area contributed by atoms with E-state index >= 15 is 0 Å². The molecule has 28 heavy (non-hydrogen) atoms. The molecule has 3 aromatic rings. The minimum Gasteiger partial charge on any atom is -0.453 e. The molecule has 0 atom stereocenters. The van der Waals surface area contributed by atoms with Crippen LogP contribution in [0.1, 0.15) is 26.5 Å². The zero-order valence-electron chi connectivity index (χ0n) is 14.9. The zero-order chi connectivity index (χ0) is 20.1. The molecule has 0 bridgehead atoms. The zero-order valence-corrected chi connectivity index (χ0v) is 15.7. The predicted octanol–water partition coefficient (Wildman–Crippen LogP) is 4.52. The summed E-state index contributed by atoms with van der Waals surface area (Å²) in [5.74, 6) is -0.359. The van der Waals surface area contributed by atoms with Gasteiger partial charge in [-0.15, -0.1) is 0 Å². The van der Waals surface area contributed by atoms with Gasteiger partial charge in [0.1, 0.15) is 5.76 Å². The first-order chi connectivity index (χ1) is 13.5. The first kappa shape index (κ1) is 19.4. The number of ether oxygens (including phenoxy) is 1. The minimum atomic E-state index is -0.627. The lowest BCUT2D eigenvalue weighted by molar-refractivity contribution is -0.119. The summed E-state index contributed by atoms with van der Waals surface area (Å²) < 4.78 is 10.4. The minimum absolute atomic E-state index is 0.222. The van der Waals surface area contributed by atoms with Crippen molar-refractivity contribution >= 4 is 35.5 Å². The Morgan fingerprint density at radius 2 is 1.86 bits per heavy atom. The van der Waals surface area contributed by atoms with Gasteiger partial charge in [-0.1, -0.05) is 29.8 Å². The highest BCUT2D eigenvalue weighted by atomic mass is 35.5. The van der Waals surface area contributed by atoms with E-state index in [2.05, 4.69) is 5.32 Å². The SMILES string of the molecule is Cc1c(Cl)cccc1NC(=O)COC(=O)c1ccc(-c2ccc(C=O)o2)cc1. The van der Waals surface area contributed by atoms with Crippen molar-refractivity contribution < 1.29 is 23.5 Å². The number of anilines is 1. The molecule has 0 aliphatic carbocycles. The molecule has 0 spiro atoms. The number of carbonyl (C=O) groups excluding carboxylic acids is 3. The van der Waals surface area contributed by atoms with Crippen LogP contribution < -0.4 is 5.32 Å². The largest absolute Gasteiger partial charge is 0.453 e. The first-order valence-corrected chi connectivity index (χ1v) is 8.73. The van der Waals surface area contributed by atoms with E-state index in [-0.39, 0.29) is 11.3 Å². The highest BCUT2D eigenvalue weighted by Crippen LogP contribution is 2.23. The van der Waals surface area contributed by atoms with E-state index in [1.165, 1.54) is 0 Å². The molecule has 0 fully saturated rings. The maximum Gasteiger partial charge on any atom is 0.338 e. The maximum absolute atomic E-state index is 12.1. The van der Waals surface area contributed by atoms with Crippen LogP contribution in [-0.2, 0) is 9.53 Å². The molecule has 0 unspecified atom stereocenters. The van der Waals surface area contributed by atoms with Crippen LogP contribution in [0.5, 0.6) is 0 Å². The van der Waals surface area contributed by atoms with Gasteiger partial charge in [0.15, 0.2) is 18.7 Å². The average Bonchev–Trinajstić information content (AvgIpc) is 3.19. The standard InChI is InChI=1S/C21H16ClNO5/c1-13-17(22)3-2-4-18(13)23-20(25)12-27-21(26)15-7-5-14(6-8-15)19-10-9-16(11-24)28-19/h2-11H,12H2,1H3,(H,23,25). The summed E-state index contributed by atoms with van der Waals surface area (Å²) in [5, 5.41) is 3.19. The normalized spacial score (nSPS) is 10.4. The van der Waals surface area contributed by atoms with Gasteiger partial charge < -0.3 is 14.5 Å². The van der Waals surface area contributed by atoms with Crippen LogP contribution in [0.3, 0.4) is 0 Å². The lowest BCUT2D eigenvalue weighted by Crippen LogP contribution is -2.21. The third kappa shape index (κ3) is 4.47. The quantitative estimate of drug-likeness (QED) is 0.488. The van der Waals surface area contributed by atoms with Crippen molar-refractivity contribution in [3.63, 3.8) is 0 Å². The fourth-order valence-electron chi connectivity index (χ4n) is 2.49. The van der Waals surface area contributed by atoms with E-state index < -0.39 is 18.5 Å². The van der Waals surface area contributed by atoms with Crippen LogP contribution in [0, 0.1) is 6.92 Å². The summed E-state index contributed by atoms with van der Waals surface area (Å²) in [5.41, 5.74) is 2.29. The second-order valence-electron chi connectivity index (χ2n) is 5.93. The molecule has 0 aliphatic heterocycles. The fourth-order valence-corrected chi connectivity index (χ4v) is 2.66. The molecule has 142 valence electrons. The lowest BCUT2D eigenvalue weighted by atomic mass is 10.1. The van der Waals surface area contributed by atoms with Crippen molar-refractivity contribution in [1.29, 1.82) is 0 Å². The Morgan fingerprint density at radius 3 is 2.54 bits per heavy atom. The number of furan rings is 1. The second-order valence-corrected chi connectivity index (χ2v) is 6.34. The van der Waals surface area contributed by atoms with Crippen LogP contribution >= 0.6 is 11.6 Å². The Bertz CT molecular complexity index is 1020. The van der Waals surface area contributed by atoms with E-state index in [1.54, 1.807) is 61.5 Å². The molecule has 1 amide bonds. The van der Waals surface area contributed by atoms with Crippen molar-refractivity contribution in [3.05, 3.63) is 76.5 Å². The summed E-state index contributed by atoms with van der Waals surface area (Å²) in [6.45, 7) is 1.36. The lowest BCUT2D eigenvalue weighted by Gasteiger charge is -2.10. The van der Waals surface area contributed by atoms with E-state index in [0.717, 1.165) is 5.56 Å². The molecule has 7 heteroatoms. The number of hydrogen-bond donors (Lipinski definition) is 1. The van der Waals surface area contributed by atoms with Gasteiger partial charge in [-0.05, 0) is 48.9 Å². The molecule has 3 rings (SSSR count). The van der Waals surface area contributed by atoms with Gasteiger partial charge in [-0.25, -0.2) is 4.79 Å². The van der Waals surface area contributed by atoms with Gasteiger partial charge in [-0.3, -0.25) is 9.59 Å². The van der Waals surface area contributed by atoms with Crippen molar-refractivity contribution in [1.82, 2.24) is 0 Å². The number of benzene rings is 2. The van der Waals surface area contributed by atoms with Crippen LogP contribution in [0.4, 0.5) is 5.69 Å². The number of nitrogens with one attached hydrogen (secondary N) is 1. The number of amides is 1. The fraction of sp³-hybridized carbons (Fsp3) is 0.0952. The van der Waals surface area contributed by atoms with E-state index in [9.17, 15) is 14.4 Å². The number of esters is 1. The van der Waals surface area contributed by atoms with Gasteiger partial charge in [0, 0.05) is 16.3 Å². The van der Waals surface area contributed by atoms with Crippen molar-refractivity contribution in [2.75, 3.05) is 11.9 Å². The van der Waals surface area contributed by atoms with E-state index in [1.807, 2.05) is 0 Å². The van der Waals surface area contributed by atoms with Gasteiger partial charge in [0.2, 0.25) is 0 Å². The van der Waals surface area contributed by atoms with Crippen LogP contribution in [-0.4, -0.2) is 24.8 Å². The van der Waals surface area contributed by atoms with Crippen molar-refractivity contribution in [2.24, 2.45) is 0 Å². The molecule has 1 heterocycles. The van der Waals surface area contributed by atoms with Gasteiger partial charge in [0.05, 0.1) is 5.56 Å². The van der Waals surface area contributed by atoms with E-state index in [4.69, 9.17) is 20.8 Å². The average molecular weight is 398 g/mol. The highest BCUT2D eigenvalue weighted by Gasteiger charge is 2.13. The van der Waals surface area contributed by atoms with Gasteiger partial charge >= 0.3 is 5.97 Å². The smallest absolute Gasteiger partial charge is 0.338 e. The Labute approximate surface area is 166 Å². The van der Waals surface area contributed by atoms with E-state index in [0.29, 0.717) is 28.3 Å². The van der Waals surface area contributed by atoms with Crippen molar-refractivity contribution in [3.8, 4) is 11.3 Å². The van der Waals surface area contributed by atoms with Crippen LogP contribution in [0.2, 0.25) is 5.02 Å². The number of halogens is 1. The maximum atomic E-state index is 12.1. The summed E-state index contributed by atoms with van der Waals surface area (Å²) >= 11 is 6.01. The van der Waals surface area contributed by atoms with Crippen molar-refractivity contribution in [2.45, 2.75) is 6.92 Å². The Morgan fingerprint density at radius 1 is 1.11 bits per heavy atom. The second kappa shape index (κ2) is 8.54. The monoisotopic (exact) mass is 397 g/mol. The number of aldehydes is 1. The topological polar surface area (TPSA) is 85.6 Å². The molecule has 6 nitrogen and oxygen atoms in total. The van der Waals surface area contributed by atoms with Crippen LogP contribution in [0.15, 0.2) is 59.0 Å². The van der Waals surface area contributed by atoms with Crippen LogP contribution in [0.25, 0.3) is 11.3 Å². The molecule has 0 aliphatic rings. The molecular formula is C21H16ClNO5. The molecule has 1 aromatic heterocycles. The molecule has 2 aromatic carbocycles. The number of rotatable bonds is 6. The predicted molar refractivity (Wildman–Crippen MR) is 105 cm³/mol. The number of carbonyl (C=O) groups is 3. The third-order valence-electron chi connectivity index (χ3n) is 4.02. The Kier molecular flexibility index (Phi) is 5.91. The molecule has 0 radical (unpaired) electrons. The molecule has 1 N–H and O–H groups in total. The first-order valence-electron chi connectivity index (χ1n) is 8.35. The Balaban J connectivity index is 1.57. The molecule has 0 saturated carbocycles. The summed E-state index contributed by atoms with van der Waals surface area (Å²) in [4.78, 5) is 34.8. The number of hydrogen-bond acceptors (Lipinski definition) is 5. The molecule has 0 saturated heterocycles.